The minimum Gasteiger partial charge on any atom is -0.385 e. The zero-order valence-corrected chi connectivity index (χ0v) is 12.6. The summed E-state index contributed by atoms with van der Waals surface area (Å²) in [6.07, 6.45) is 0.450. The zero-order valence-electron chi connectivity index (χ0n) is 10.3. The molecule has 1 nitrogen and oxygen atoms in total. The molecule has 0 radical (unpaired) electrons. The highest BCUT2D eigenvalue weighted by Crippen LogP contribution is 2.29. The Morgan fingerprint density at radius 1 is 0.947 bits per heavy atom. The van der Waals surface area contributed by atoms with Crippen molar-refractivity contribution in [3.63, 3.8) is 0 Å². The van der Waals surface area contributed by atoms with E-state index < -0.39 is 5.60 Å². The summed E-state index contributed by atoms with van der Waals surface area (Å²) in [5.41, 5.74) is 0.749. The highest BCUT2D eigenvalue weighted by atomic mass is 35.5. The van der Waals surface area contributed by atoms with Crippen molar-refractivity contribution in [1.29, 1.82) is 0 Å². The summed E-state index contributed by atoms with van der Waals surface area (Å²) in [4.78, 5) is 0. The van der Waals surface area contributed by atoms with E-state index in [-0.39, 0.29) is 0 Å². The topological polar surface area (TPSA) is 20.2 Å². The second-order valence-electron chi connectivity index (χ2n) is 4.71. The number of benzene rings is 2. The van der Waals surface area contributed by atoms with E-state index in [2.05, 4.69) is 0 Å². The predicted molar refractivity (Wildman–Crippen MR) is 81.2 cm³/mol. The van der Waals surface area contributed by atoms with E-state index in [1.54, 1.807) is 31.2 Å². The number of rotatable bonds is 3. The van der Waals surface area contributed by atoms with E-state index in [0.717, 1.165) is 11.1 Å². The van der Waals surface area contributed by atoms with Crippen molar-refractivity contribution in [3.8, 4) is 0 Å². The van der Waals surface area contributed by atoms with Gasteiger partial charge >= 0.3 is 0 Å². The van der Waals surface area contributed by atoms with Crippen molar-refractivity contribution in [2.24, 2.45) is 0 Å². The third-order valence-electron chi connectivity index (χ3n) is 3.00. The molecule has 2 aromatic rings. The normalized spacial score (nSPS) is 14.2. The van der Waals surface area contributed by atoms with E-state index in [0.29, 0.717) is 21.5 Å². The zero-order chi connectivity index (χ0) is 14.0. The Morgan fingerprint density at radius 2 is 1.58 bits per heavy atom. The van der Waals surface area contributed by atoms with Gasteiger partial charge in [0.2, 0.25) is 0 Å². The first kappa shape index (κ1) is 14.7. The maximum absolute atomic E-state index is 10.6. The van der Waals surface area contributed by atoms with Gasteiger partial charge in [-0.05, 0) is 42.3 Å². The second kappa shape index (κ2) is 5.72. The second-order valence-corrected chi connectivity index (χ2v) is 5.96. The molecule has 2 aromatic carbocycles. The molecular formula is C15H13Cl3O. The molecule has 0 aliphatic rings. The van der Waals surface area contributed by atoms with Crippen LogP contribution in [0.4, 0.5) is 0 Å². The summed E-state index contributed by atoms with van der Waals surface area (Å²) in [7, 11) is 0. The van der Waals surface area contributed by atoms with E-state index in [4.69, 9.17) is 34.8 Å². The fourth-order valence-corrected chi connectivity index (χ4v) is 2.40. The fourth-order valence-electron chi connectivity index (χ4n) is 1.96. The van der Waals surface area contributed by atoms with Crippen LogP contribution in [0.15, 0.2) is 42.5 Å². The molecular weight excluding hydrogens is 303 g/mol. The Morgan fingerprint density at radius 3 is 2.16 bits per heavy atom. The van der Waals surface area contributed by atoms with Gasteiger partial charge in [0, 0.05) is 11.4 Å². The van der Waals surface area contributed by atoms with E-state index in [1.807, 2.05) is 18.2 Å². The van der Waals surface area contributed by atoms with Crippen molar-refractivity contribution in [2.45, 2.75) is 18.9 Å². The van der Waals surface area contributed by atoms with Gasteiger partial charge in [-0.15, -0.1) is 0 Å². The number of halogens is 3. The summed E-state index contributed by atoms with van der Waals surface area (Å²) < 4.78 is 0. The Hall–Kier alpha value is -0.730. The molecule has 1 unspecified atom stereocenters. The average molecular weight is 316 g/mol. The van der Waals surface area contributed by atoms with Crippen LogP contribution in [0.1, 0.15) is 18.1 Å². The van der Waals surface area contributed by atoms with Gasteiger partial charge in [-0.25, -0.2) is 0 Å². The molecule has 0 aliphatic carbocycles. The van der Waals surface area contributed by atoms with Crippen LogP contribution in [-0.2, 0) is 12.0 Å². The van der Waals surface area contributed by atoms with Gasteiger partial charge in [-0.3, -0.25) is 0 Å². The van der Waals surface area contributed by atoms with Crippen LogP contribution in [0.25, 0.3) is 0 Å². The molecule has 0 spiro atoms. The summed E-state index contributed by atoms with van der Waals surface area (Å²) in [5, 5.41) is 12.2. The Kier molecular flexibility index (Phi) is 4.42. The van der Waals surface area contributed by atoms with Gasteiger partial charge in [0.25, 0.3) is 0 Å². The molecule has 19 heavy (non-hydrogen) atoms. The molecule has 0 aliphatic heterocycles. The minimum atomic E-state index is -0.984. The van der Waals surface area contributed by atoms with Crippen LogP contribution < -0.4 is 0 Å². The third-order valence-corrected chi connectivity index (χ3v) is 3.99. The molecule has 0 aromatic heterocycles. The van der Waals surface area contributed by atoms with Crippen LogP contribution in [0.3, 0.4) is 0 Å². The lowest BCUT2D eigenvalue weighted by atomic mass is 9.89. The van der Waals surface area contributed by atoms with Crippen molar-refractivity contribution in [2.75, 3.05) is 0 Å². The van der Waals surface area contributed by atoms with Gasteiger partial charge in [0.1, 0.15) is 0 Å². The molecule has 4 heteroatoms. The lowest BCUT2D eigenvalue weighted by Crippen LogP contribution is -2.24. The van der Waals surface area contributed by atoms with Crippen molar-refractivity contribution >= 4 is 34.8 Å². The summed E-state index contributed by atoms with van der Waals surface area (Å²) in [6.45, 7) is 1.76. The van der Waals surface area contributed by atoms with Crippen LogP contribution in [-0.4, -0.2) is 5.11 Å². The standard InChI is InChI=1S/C15H13Cl3O/c1-15(19,11-3-5-12(16)6-4-11)9-10-2-7-13(17)14(18)8-10/h2-8,19H,9H2,1H3. The predicted octanol–water partition coefficient (Wildman–Crippen LogP) is 5.10. The van der Waals surface area contributed by atoms with Gasteiger partial charge in [0.15, 0.2) is 0 Å². The molecule has 0 saturated heterocycles. The Bertz CT molecular complexity index is 576. The molecule has 100 valence electrons. The molecule has 0 saturated carbocycles. The lowest BCUT2D eigenvalue weighted by Gasteiger charge is -2.24. The van der Waals surface area contributed by atoms with E-state index in [9.17, 15) is 5.11 Å². The quantitative estimate of drug-likeness (QED) is 0.835. The maximum atomic E-state index is 10.6. The molecule has 0 fully saturated rings. The van der Waals surface area contributed by atoms with E-state index >= 15 is 0 Å². The molecule has 0 bridgehead atoms. The van der Waals surface area contributed by atoms with Crippen LogP contribution in [0.5, 0.6) is 0 Å². The summed E-state index contributed by atoms with van der Waals surface area (Å²) >= 11 is 17.7. The lowest BCUT2D eigenvalue weighted by molar-refractivity contribution is 0.0576. The number of hydrogen-bond acceptors (Lipinski definition) is 1. The number of hydrogen-bond donors (Lipinski definition) is 1. The first-order valence-electron chi connectivity index (χ1n) is 5.81. The highest BCUT2D eigenvalue weighted by Gasteiger charge is 2.23. The molecule has 1 N–H and O–H groups in total. The van der Waals surface area contributed by atoms with Gasteiger partial charge in [-0.1, -0.05) is 53.0 Å². The minimum absolute atomic E-state index is 0.450. The largest absolute Gasteiger partial charge is 0.385 e. The smallest absolute Gasteiger partial charge is 0.0908 e. The summed E-state index contributed by atoms with van der Waals surface area (Å²) in [5.74, 6) is 0. The fraction of sp³-hybridized carbons (Fsp3) is 0.200. The maximum Gasteiger partial charge on any atom is 0.0908 e. The molecule has 0 amide bonds. The molecule has 2 rings (SSSR count). The van der Waals surface area contributed by atoms with Gasteiger partial charge < -0.3 is 5.11 Å². The van der Waals surface area contributed by atoms with Gasteiger partial charge in [-0.2, -0.15) is 0 Å². The van der Waals surface area contributed by atoms with E-state index in [1.165, 1.54) is 0 Å². The Balaban J connectivity index is 2.25. The molecule has 0 heterocycles. The first-order chi connectivity index (χ1) is 8.88. The Labute approximate surface area is 127 Å². The van der Waals surface area contributed by atoms with Crippen molar-refractivity contribution < 1.29 is 5.11 Å². The van der Waals surface area contributed by atoms with Crippen LogP contribution >= 0.6 is 34.8 Å². The van der Waals surface area contributed by atoms with Gasteiger partial charge in [0.05, 0.1) is 15.6 Å². The summed E-state index contributed by atoms with van der Waals surface area (Å²) in [6, 6.07) is 12.5. The first-order valence-corrected chi connectivity index (χ1v) is 6.94. The number of aliphatic hydroxyl groups is 1. The third kappa shape index (κ3) is 3.64. The monoisotopic (exact) mass is 314 g/mol. The SMILES string of the molecule is CC(O)(Cc1ccc(Cl)c(Cl)c1)c1ccc(Cl)cc1. The molecule has 1 atom stereocenters. The van der Waals surface area contributed by atoms with Crippen LogP contribution in [0, 0.1) is 0 Å². The van der Waals surface area contributed by atoms with Crippen molar-refractivity contribution in [3.05, 3.63) is 68.7 Å². The van der Waals surface area contributed by atoms with Crippen LogP contribution in [0.2, 0.25) is 15.1 Å². The highest BCUT2D eigenvalue weighted by molar-refractivity contribution is 6.42. The van der Waals surface area contributed by atoms with Crippen molar-refractivity contribution in [1.82, 2.24) is 0 Å². The average Bonchev–Trinajstić information content (AvgIpc) is 2.34.